The molecule has 1 aromatic carbocycles. The SMILES string of the molecule is O=C(CCNS(=O)(=O)c1c(F)cccc1F)N1CC(S(=O)(=O)Cc2ccco2)C1. The van der Waals surface area contributed by atoms with Crippen LogP contribution in [0.15, 0.2) is 45.9 Å². The average Bonchev–Trinajstić information content (AvgIpc) is 3.04. The summed E-state index contributed by atoms with van der Waals surface area (Å²) in [7, 11) is -7.96. The van der Waals surface area contributed by atoms with Gasteiger partial charge in [-0.25, -0.2) is 30.3 Å². The Morgan fingerprint density at radius 2 is 1.76 bits per heavy atom. The molecule has 3 rings (SSSR count). The molecule has 0 bridgehead atoms. The van der Waals surface area contributed by atoms with Crippen molar-refractivity contribution in [3.8, 4) is 0 Å². The summed E-state index contributed by atoms with van der Waals surface area (Å²) in [4.78, 5) is 12.3. The van der Waals surface area contributed by atoms with Gasteiger partial charge in [0.2, 0.25) is 15.9 Å². The fourth-order valence-electron chi connectivity index (χ4n) is 2.84. The van der Waals surface area contributed by atoms with Gasteiger partial charge in [0.1, 0.15) is 23.1 Å². The van der Waals surface area contributed by atoms with Crippen LogP contribution in [0.4, 0.5) is 8.78 Å². The summed E-state index contributed by atoms with van der Waals surface area (Å²) in [6.07, 6.45) is 1.09. The molecule has 2 heterocycles. The summed E-state index contributed by atoms with van der Waals surface area (Å²) in [5, 5.41) is -0.722. The molecule has 2 aromatic rings. The maximum atomic E-state index is 13.6. The van der Waals surface area contributed by atoms with Crippen molar-refractivity contribution in [1.82, 2.24) is 9.62 Å². The minimum atomic E-state index is -4.47. The van der Waals surface area contributed by atoms with Crippen molar-refractivity contribution in [2.75, 3.05) is 19.6 Å². The lowest BCUT2D eigenvalue weighted by molar-refractivity contribution is -0.134. The van der Waals surface area contributed by atoms with Gasteiger partial charge in [-0.15, -0.1) is 0 Å². The monoisotopic (exact) mass is 448 g/mol. The zero-order valence-electron chi connectivity index (χ0n) is 15.0. The number of halogens is 2. The topological polar surface area (TPSA) is 114 Å². The van der Waals surface area contributed by atoms with E-state index < -0.39 is 47.5 Å². The lowest BCUT2D eigenvalue weighted by Crippen LogP contribution is -2.57. The van der Waals surface area contributed by atoms with Crippen LogP contribution < -0.4 is 4.72 Å². The Hall–Kier alpha value is -2.31. The van der Waals surface area contributed by atoms with E-state index in [1.807, 2.05) is 4.72 Å². The fraction of sp³-hybridized carbons (Fsp3) is 0.353. The van der Waals surface area contributed by atoms with Crippen molar-refractivity contribution < 1.29 is 34.8 Å². The number of rotatable bonds is 8. The first-order valence-corrected chi connectivity index (χ1v) is 11.8. The first-order chi connectivity index (χ1) is 13.6. The number of carbonyl (C=O) groups excluding carboxylic acids is 1. The third-order valence-corrected chi connectivity index (χ3v) is 7.96. The molecule has 1 N–H and O–H groups in total. The highest BCUT2D eigenvalue weighted by atomic mass is 32.2. The summed E-state index contributed by atoms with van der Waals surface area (Å²) in [6.45, 7) is -0.387. The Balaban J connectivity index is 1.49. The molecule has 1 amide bonds. The van der Waals surface area contributed by atoms with Crippen LogP contribution >= 0.6 is 0 Å². The van der Waals surface area contributed by atoms with Gasteiger partial charge in [-0.3, -0.25) is 4.79 Å². The third kappa shape index (κ3) is 4.82. The van der Waals surface area contributed by atoms with Crippen molar-refractivity contribution in [3.05, 3.63) is 54.0 Å². The van der Waals surface area contributed by atoms with Crippen molar-refractivity contribution in [2.24, 2.45) is 0 Å². The predicted octanol–water partition coefficient (Wildman–Crippen LogP) is 1.05. The van der Waals surface area contributed by atoms with Gasteiger partial charge in [0.15, 0.2) is 14.7 Å². The number of carbonyl (C=O) groups is 1. The molecule has 0 unspecified atom stereocenters. The number of nitrogens with one attached hydrogen (secondary N) is 1. The number of hydrogen-bond acceptors (Lipinski definition) is 6. The summed E-state index contributed by atoms with van der Waals surface area (Å²) in [6, 6.07) is 5.78. The number of sulfone groups is 1. The van der Waals surface area contributed by atoms with Crippen LogP contribution in [-0.2, 0) is 30.4 Å². The van der Waals surface area contributed by atoms with E-state index >= 15 is 0 Å². The minimum absolute atomic E-state index is 0.00341. The Bertz CT molecular complexity index is 1070. The highest BCUT2D eigenvalue weighted by Crippen LogP contribution is 2.22. The van der Waals surface area contributed by atoms with Crippen LogP contribution in [0.5, 0.6) is 0 Å². The summed E-state index contributed by atoms with van der Waals surface area (Å²) in [5.41, 5.74) is 0. The number of nitrogens with zero attached hydrogens (tertiary/aromatic N) is 1. The van der Waals surface area contributed by atoms with Crippen LogP contribution in [0.25, 0.3) is 0 Å². The summed E-state index contributed by atoms with van der Waals surface area (Å²) in [5.74, 6) is -2.90. The molecule has 1 aromatic heterocycles. The zero-order chi connectivity index (χ0) is 21.2. The highest BCUT2D eigenvalue weighted by molar-refractivity contribution is 7.91. The maximum absolute atomic E-state index is 13.6. The van der Waals surface area contributed by atoms with Crippen LogP contribution in [0.1, 0.15) is 12.2 Å². The van der Waals surface area contributed by atoms with Crippen molar-refractivity contribution in [2.45, 2.75) is 22.3 Å². The van der Waals surface area contributed by atoms with E-state index in [2.05, 4.69) is 0 Å². The second kappa shape index (κ2) is 8.20. The van der Waals surface area contributed by atoms with E-state index in [0.717, 1.165) is 18.2 Å². The van der Waals surface area contributed by atoms with E-state index in [1.54, 1.807) is 12.1 Å². The van der Waals surface area contributed by atoms with Gasteiger partial charge in [-0.2, -0.15) is 0 Å². The van der Waals surface area contributed by atoms with Crippen LogP contribution in [-0.4, -0.2) is 52.5 Å². The van der Waals surface area contributed by atoms with Crippen LogP contribution in [0.2, 0.25) is 0 Å². The van der Waals surface area contributed by atoms with E-state index in [1.165, 1.54) is 11.2 Å². The molecule has 158 valence electrons. The summed E-state index contributed by atoms with van der Waals surface area (Å²) >= 11 is 0. The molecule has 1 aliphatic heterocycles. The molecular weight excluding hydrogens is 430 g/mol. The number of sulfonamides is 1. The molecule has 0 radical (unpaired) electrons. The number of hydrogen-bond donors (Lipinski definition) is 1. The van der Waals surface area contributed by atoms with Gasteiger partial charge in [0.05, 0.1) is 11.5 Å². The molecule has 1 saturated heterocycles. The molecule has 0 spiro atoms. The van der Waals surface area contributed by atoms with Gasteiger partial charge in [0, 0.05) is 26.1 Å². The maximum Gasteiger partial charge on any atom is 0.246 e. The molecule has 8 nitrogen and oxygen atoms in total. The van der Waals surface area contributed by atoms with Crippen LogP contribution in [0.3, 0.4) is 0 Å². The number of furan rings is 1. The molecule has 0 saturated carbocycles. The first-order valence-electron chi connectivity index (χ1n) is 8.55. The Labute approximate surface area is 166 Å². The van der Waals surface area contributed by atoms with Crippen molar-refractivity contribution in [1.29, 1.82) is 0 Å². The second-order valence-electron chi connectivity index (χ2n) is 6.51. The van der Waals surface area contributed by atoms with Crippen molar-refractivity contribution in [3.63, 3.8) is 0 Å². The van der Waals surface area contributed by atoms with Gasteiger partial charge in [-0.05, 0) is 24.3 Å². The molecule has 1 fully saturated rings. The number of benzene rings is 1. The third-order valence-electron chi connectivity index (χ3n) is 4.45. The average molecular weight is 448 g/mol. The largest absolute Gasteiger partial charge is 0.468 e. The van der Waals surface area contributed by atoms with E-state index in [9.17, 15) is 30.4 Å². The molecule has 0 atom stereocenters. The molecule has 29 heavy (non-hydrogen) atoms. The minimum Gasteiger partial charge on any atom is -0.468 e. The second-order valence-corrected chi connectivity index (χ2v) is 10.5. The fourth-order valence-corrected chi connectivity index (χ4v) is 5.62. The smallest absolute Gasteiger partial charge is 0.246 e. The van der Waals surface area contributed by atoms with E-state index in [-0.39, 0.29) is 31.8 Å². The molecular formula is C17H18F2N2O6S2. The lowest BCUT2D eigenvalue weighted by Gasteiger charge is -2.38. The number of likely N-dealkylation sites (tertiary alicyclic amines) is 1. The highest BCUT2D eigenvalue weighted by Gasteiger charge is 2.39. The summed E-state index contributed by atoms with van der Waals surface area (Å²) < 4.78 is 82.8. The normalized spacial score (nSPS) is 15.3. The van der Waals surface area contributed by atoms with Crippen molar-refractivity contribution >= 4 is 25.8 Å². The molecule has 1 aliphatic rings. The number of amides is 1. The molecule has 12 heteroatoms. The zero-order valence-corrected chi connectivity index (χ0v) is 16.7. The quantitative estimate of drug-likeness (QED) is 0.646. The first kappa shape index (κ1) is 21.4. The van der Waals surface area contributed by atoms with Crippen LogP contribution in [0, 0.1) is 11.6 Å². The molecule has 0 aliphatic carbocycles. The van der Waals surface area contributed by atoms with Gasteiger partial charge < -0.3 is 9.32 Å². The van der Waals surface area contributed by atoms with Gasteiger partial charge in [-0.1, -0.05) is 6.07 Å². The van der Waals surface area contributed by atoms with Gasteiger partial charge in [0.25, 0.3) is 0 Å². The Kier molecular flexibility index (Phi) is 6.05. The predicted molar refractivity (Wildman–Crippen MR) is 97.9 cm³/mol. The Morgan fingerprint density at radius 3 is 2.34 bits per heavy atom. The van der Waals surface area contributed by atoms with Gasteiger partial charge >= 0.3 is 0 Å². The lowest BCUT2D eigenvalue weighted by atomic mass is 10.2. The standard InChI is InChI=1S/C17H18F2N2O6S2/c18-14-4-1-5-15(19)17(14)29(25,26)20-7-6-16(22)21-9-13(10-21)28(23,24)11-12-3-2-8-27-12/h1-5,8,13,20H,6-7,9-11H2. The Morgan fingerprint density at radius 1 is 1.10 bits per heavy atom. The van der Waals surface area contributed by atoms with E-state index in [0.29, 0.717) is 5.76 Å². The van der Waals surface area contributed by atoms with E-state index in [4.69, 9.17) is 4.42 Å².